The zero-order valence-electron chi connectivity index (χ0n) is 9.76. The van der Waals surface area contributed by atoms with Crippen LogP contribution in [0, 0.1) is 0 Å². The summed E-state index contributed by atoms with van der Waals surface area (Å²) in [6.07, 6.45) is 5.26. The Hall–Kier alpha value is -1.69. The molecule has 0 spiro atoms. The van der Waals surface area contributed by atoms with Crippen molar-refractivity contribution >= 4 is 11.2 Å². The van der Waals surface area contributed by atoms with E-state index in [1.165, 1.54) is 6.33 Å². The zero-order chi connectivity index (χ0) is 12.3. The Kier molecular flexibility index (Phi) is 3.53. The molecule has 2 rings (SSSR count). The van der Waals surface area contributed by atoms with E-state index in [4.69, 9.17) is 0 Å². The van der Waals surface area contributed by atoms with Gasteiger partial charge in [-0.15, -0.1) is 0 Å². The fraction of sp³-hybridized carbons (Fsp3) is 0.545. The Morgan fingerprint density at radius 3 is 3.12 bits per heavy atom. The van der Waals surface area contributed by atoms with Crippen molar-refractivity contribution in [1.82, 2.24) is 19.5 Å². The first kappa shape index (κ1) is 11.8. The molecule has 0 aromatic carbocycles. The summed E-state index contributed by atoms with van der Waals surface area (Å²) in [5, 5.41) is 9.82. The molecule has 2 aromatic heterocycles. The minimum Gasteiger partial charge on any atom is -0.391 e. The Morgan fingerprint density at radius 2 is 2.35 bits per heavy atom. The third-order valence-corrected chi connectivity index (χ3v) is 2.71. The van der Waals surface area contributed by atoms with Crippen molar-refractivity contribution in [2.45, 2.75) is 38.8 Å². The largest absolute Gasteiger partial charge is 0.391 e. The Balaban J connectivity index is 2.19. The lowest BCUT2D eigenvalue weighted by Gasteiger charge is -2.10. The minimum absolute atomic E-state index is 0.253. The number of rotatable bonds is 5. The van der Waals surface area contributed by atoms with E-state index >= 15 is 0 Å². The summed E-state index contributed by atoms with van der Waals surface area (Å²) in [6, 6.07) is 0. The smallest absolute Gasteiger partial charge is 0.278 e. The predicted octanol–water partition coefficient (Wildman–Crippen LogP) is 0.671. The van der Waals surface area contributed by atoms with E-state index in [1.807, 2.05) is 0 Å². The van der Waals surface area contributed by atoms with Crippen LogP contribution >= 0.6 is 0 Å². The summed E-state index contributed by atoms with van der Waals surface area (Å²) >= 11 is 0. The summed E-state index contributed by atoms with van der Waals surface area (Å²) in [4.78, 5) is 22.0. The maximum Gasteiger partial charge on any atom is 0.278 e. The number of imidazole rings is 1. The van der Waals surface area contributed by atoms with Crippen molar-refractivity contribution in [3.63, 3.8) is 0 Å². The van der Waals surface area contributed by atoms with Gasteiger partial charge in [0.1, 0.15) is 0 Å². The molecular weight excluding hydrogens is 220 g/mol. The number of nitrogens with one attached hydrogen (secondary N) is 1. The zero-order valence-corrected chi connectivity index (χ0v) is 9.76. The maximum atomic E-state index is 11.4. The van der Waals surface area contributed by atoms with Crippen LogP contribution in [0.3, 0.4) is 0 Å². The van der Waals surface area contributed by atoms with Crippen LogP contribution in [0.5, 0.6) is 0 Å². The number of aromatic amines is 1. The van der Waals surface area contributed by atoms with Crippen LogP contribution in [0.1, 0.15) is 26.2 Å². The molecule has 0 saturated heterocycles. The molecular formula is C11H16N4O2. The Labute approximate surface area is 98.3 Å². The highest BCUT2D eigenvalue weighted by atomic mass is 16.3. The van der Waals surface area contributed by atoms with E-state index in [-0.39, 0.29) is 5.56 Å². The number of H-pyrrole nitrogens is 1. The highest BCUT2D eigenvalue weighted by molar-refractivity contribution is 5.68. The second kappa shape index (κ2) is 5.09. The molecule has 2 heterocycles. The van der Waals surface area contributed by atoms with Crippen LogP contribution in [0.2, 0.25) is 0 Å². The van der Waals surface area contributed by atoms with Crippen LogP contribution in [-0.4, -0.2) is 30.7 Å². The quantitative estimate of drug-likeness (QED) is 0.799. The van der Waals surface area contributed by atoms with Crippen LogP contribution in [0.15, 0.2) is 17.4 Å². The highest BCUT2D eigenvalue weighted by Crippen LogP contribution is 2.08. The number of hydrogen-bond acceptors (Lipinski definition) is 4. The van der Waals surface area contributed by atoms with Crippen molar-refractivity contribution in [3.8, 4) is 0 Å². The third-order valence-electron chi connectivity index (χ3n) is 2.71. The number of hydrogen-bond donors (Lipinski definition) is 2. The van der Waals surface area contributed by atoms with E-state index < -0.39 is 6.10 Å². The van der Waals surface area contributed by atoms with Gasteiger partial charge in [0.25, 0.3) is 5.56 Å². The molecule has 6 nitrogen and oxygen atoms in total. The highest BCUT2D eigenvalue weighted by Gasteiger charge is 2.10. The first-order chi connectivity index (χ1) is 8.22. The van der Waals surface area contributed by atoms with Gasteiger partial charge in [0, 0.05) is 0 Å². The third kappa shape index (κ3) is 2.52. The fourth-order valence-electron chi connectivity index (χ4n) is 1.78. The van der Waals surface area contributed by atoms with Crippen LogP contribution in [0.25, 0.3) is 11.2 Å². The molecule has 2 aromatic rings. The first-order valence-corrected chi connectivity index (χ1v) is 5.79. The average molecular weight is 236 g/mol. The van der Waals surface area contributed by atoms with Gasteiger partial charge in [0.2, 0.25) is 0 Å². The second-order valence-electron chi connectivity index (χ2n) is 4.10. The van der Waals surface area contributed by atoms with E-state index in [0.717, 1.165) is 19.3 Å². The maximum absolute atomic E-state index is 11.4. The van der Waals surface area contributed by atoms with Crippen molar-refractivity contribution in [2.75, 3.05) is 0 Å². The van der Waals surface area contributed by atoms with E-state index in [2.05, 4.69) is 21.9 Å². The van der Waals surface area contributed by atoms with E-state index in [1.54, 1.807) is 10.9 Å². The Bertz CT molecular complexity index is 546. The molecule has 0 fully saturated rings. The lowest BCUT2D eigenvalue weighted by Crippen LogP contribution is -2.16. The van der Waals surface area contributed by atoms with Gasteiger partial charge >= 0.3 is 0 Å². The van der Waals surface area contributed by atoms with Crippen molar-refractivity contribution < 1.29 is 5.11 Å². The minimum atomic E-state index is -0.423. The molecule has 2 N–H and O–H groups in total. The lowest BCUT2D eigenvalue weighted by molar-refractivity contribution is 0.142. The number of aromatic nitrogens is 4. The number of aliphatic hydroxyl groups excluding tert-OH is 1. The molecule has 0 aliphatic heterocycles. The van der Waals surface area contributed by atoms with Crippen molar-refractivity contribution in [1.29, 1.82) is 0 Å². The van der Waals surface area contributed by atoms with Gasteiger partial charge in [-0.3, -0.25) is 4.79 Å². The number of nitrogens with zero attached hydrogens (tertiary/aromatic N) is 3. The summed E-state index contributed by atoms with van der Waals surface area (Å²) < 4.78 is 1.71. The van der Waals surface area contributed by atoms with Crippen LogP contribution in [-0.2, 0) is 6.54 Å². The van der Waals surface area contributed by atoms with Gasteiger partial charge in [-0.1, -0.05) is 19.8 Å². The van der Waals surface area contributed by atoms with Gasteiger partial charge in [-0.2, -0.15) is 0 Å². The molecule has 17 heavy (non-hydrogen) atoms. The predicted molar refractivity (Wildman–Crippen MR) is 63.7 cm³/mol. The Morgan fingerprint density at radius 1 is 1.53 bits per heavy atom. The standard InChI is InChI=1S/C11H16N4O2/c1-2-3-4-8(16)5-15-7-14-9-10(15)12-6-13-11(9)17/h6-8,16H,2-5H2,1H3,(H,12,13,17). The summed E-state index contributed by atoms with van der Waals surface area (Å²) in [5.41, 5.74) is 0.580. The lowest BCUT2D eigenvalue weighted by atomic mass is 10.1. The molecule has 0 amide bonds. The summed E-state index contributed by atoms with van der Waals surface area (Å²) in [5.74, 6) is 0. The molecule has 0 radical (unpaired) electrons. The van der Waals surface area contributed by atoms with Gasteiger partial charge in [-0.25, -0.2) is 9.97 Å². The molecule has 0 saturated carbocycles. The number of aliphatic hydroxyl groups is 1. The van der Waals surface area contributed by atoms with Crippen molar-refractivity contribution in [3.05, 3.63) is 23.0 Å². The molecule has 0 bridgehead atoms. The van der Waals surface area contributed by atoms with E-state index in [0.29, 0.717) is 17.7 Å². The van der Waals surface area contributed by atoms with Gasteiger partial charge in [0.05, 0.1) is 25.3 Å². The molecule has 6 heteroatoms. The number of fused-ring (bicyclic) bond motifs is 1. The normalized spacial score (nSPS) is 13.1. The van der Waals surface area contributed by atoms with Crippen LogP contribution in [0.4, 0.5) is 0 Å². The van der Waals surface area contributed by atoms with Gasteiger partial charge in [-0.05, 0) is 6.42 Å². The fourth-order valence-corrected chi connectivity index (χ4v) is 1.78. The van der Waals surface area contributed by atoms with E-state index in [9.17, 15) is 9.90 Å². The van der Waals surface area contributed by atoms with Crippen molar-refractivity contribution in [2.24, 2.45) is 0 Å². The second-order valence-corrected chi connectivity index (χ2v) is 4.10. The van der Waals surface area contributed by atoms with Gasteiger partial charge < -0.3 is 14.7 Å². The SMILES string of the molecule is CCCCC(O)Cn1cnc2c(=O)[nH]cnc21. The average Bonchev–Trinajstić information content (AvgIpc) is 2.71. The molecule has 1 unspecified atom stereocenters. The molecule has 0 aliphatic rings. The first-order valence-electron chi connectivity index (χ1n) is 5.79. The summed E-state index contributed by atoms with van der Waals surface area (Å²) in [6.45, 7) is 2.51. The number of unbranched alkanes of at least 4 members (excludes halogenated alkanes) is 1. The van der Waals surface area contributed by atoms with Gasteiger partial charge in [0.15, 0.2) is 11.2 Å². The summed E-state index contributed by atoms with van der Waals surface area (Å²) in [7, 11) is 0. The molecule has 1 atom stereocenters. The van der Waals surface area contributed by atoms with Crippen LogP contribution < -0.4 is 5.56 Å². The molecule has 92 valence electrons. The topological polar surface area (TPSA) is 83.8 Å². The monoisotopic (exact) mass is 236 g/mol. The molecule has 0 aliphatic carbocycles.